The molecule has 2 aromatic carbocycles. The topological polar surface area (TPSA) is 58.6 Å². The van der Waals surface area contributed by atoms with E-state index in [2.05, 4.69) is 22.9 Å². The van der Waals surface area contributed by atoms with E-state index < -0.39 is 29.4 Å². The van der Waals surface area contributed by atoms with Gasteiger partial charge in [0.15, 0.2) is 0 Å². The van der Waals surface area contributed by atoms with Gasteiger partial charge in [0, 0.05) is 5.69 Å². The molecule has 150 valence electrons. The summed E-state index contributed by atoms with van der Waals surface area (Å²) in [5, 5.41) is 2.04. The molecule has 1 N–H and O–H groups in total. The third kappa shape index (κ3) is 5.38. The molecular weight excluding hydrogens is 464 g/mol. The lowest BCUT2D eigenvalue weighted by Crippen LogP contribution is -2.33. The van der Waals surface area contributed by atoms with Crippen molar-refractivity contribution in [3.63, 3.8) is 0 Å². The quantitative estimate of drug-likeness (QED) is 0.412. The highest BCUT2D eigenvalue weighted by atomic mass is 35.5. The van der Waals surface area contributed by atoms with E-state index in [0.717, 1.165) is 18.2 Å². The molecule has 12 heteroatoms. The van der Waals surface area contributed by atoms with Crippen molar-refractivity contribution < 1.29 is 27.5 Å². The minimum absolute atomic E-state index is 0.0272. The predicted octanol–water partition coefficient (Wildman–Crippen LogP) is 6.02. The molecule has 0 spiro atoms. The summed E-state index contributed by atoms with van der Waals surface area (Å²) in [5.41, 5.74) is -3.02. The van der Waals surface area contributed by atoms with Gasteiger partial charge < -0.3 is 10.1 Å². The highest BCUT2D eigenvalue weighted by Crippen LogP contribution is 2.34. The predicted molar refractivity (Wildman–Crippen MR) is 103 cm³/mol. The third-order valence-corrected chi connectivity index (χ3v) is 4.41. The van der Waals surface area contributed by atoms with Crippen molar-refractivity contribution >= 4 is 65.2 Å². The van der Waals surface area contributed by atoms with Crippen LogP contribution in [0.1, 0.15) is 10.4 Å². The minimum atomic E-state index is -4.31. The van der Waals surface area contributed by atoms with Gasteiger partial charge in [-0.1, -0.05) is 59.8 Å². The zero-order valence-corrected chi connectivity index (χ0v) is 16.7. The van der Waals surface area contributed by atoms with Crippen LogP contribution in [0.15, 0.2) is 42.5 Å². The van der Waals surface area contributed by atoms with Gasteiger partial charge in [0.25, 0.3) is 11.5 Å². The molecule has 0 heterocycles. The van der Waals surface area contributed by atoms with Crippen LogP contribution in [-0.2, 0) is 0 Å². The van der Waals surface area contributed by atoms with Crippen LogP contribution in [-0.4, -0.2) is 28.0 Å². The molecule has 0 radical (unpaired) electrons. The fourth-order valence-corrected chi connectivity index (χ4v) is 2.51. The lowest BCUT2D eigenvalue weighted by molar-refractivity contribution is -0.198. The maximum atomic E-state index is 13.2. The van der Waals surface area contributed by atoms with Crippen molar-refractivity contribution in [3.05, 3.63) is 58.1 Å². The molecule has 0 aliphatic heterocycles. The molecule has 1 unspecified atom stereocenters. The van der Waals surface area contributed by atoms with Gasteiger partial charge in [-0.25, -0.2) is 13.5 Å². The molecule has 5 nitrogen and oxygen atoms in total. The van der Waals surface area contributed by atoms with Crippen molar-refractivity contribution in [1.82, 2.24) is 4.31 Å². The Morgan fingerprint density at radius 1 is 1.14 bits per heavy atom. The number of urea groups is 1. The molecule has 3 amide bonds. The van der Waals surface area contributed by atoms with Crippen molar-refractivity contribution in [2.75, 3.05) is 5.32 Å². The number of hydrogen-bond donors (Lipinski definition) is 2. The fourth-order valence-electron chi connectivity index (χ4n) is 1.87. The van der Waals surface area contributed by atoms with Crippen molar-refractivity contribution in [1.29, 1.82) is 0 Å². The molecule has 0 bridgehead atoms. The Balaban J connectivity index is 2.11. The summed E-state index contributed by atoms with van der Waals surface area (Å²) < 4.78 is 43.6. The Morgan fingerprint density at radius 2 is 1.79 bits per heavy atom. The SMILES string of the molecule is O=C(Nc1ccc(OC(F)(F)C(F)Cl)c(Cl)c1)N(S)C(=O)c1ccccc1Cl. The van der Waals surface area contributed by atoms with E-state index in [4.69, 9.17) is 34.8 Å². The molecule has 0 saturated heterocycles. The van der Waals surface area contributed by atoms with Crippen LogP contribution in [0.2, 0.25) is 10.0 Å². The molecule has 0 aliphatic rings. The number of halogens is 6. The number of nitrogens with zero attached hydrogens (tertiary/aromatic N) is 1. The summed E-state index contributed by atoms with van der Waals surface area (Å²) in [6.45, 7) is 0. The summed E-state index contributed by atoms with van der Waals surface area (Å²) in [7, 11) is 0. The number of thiol groups is 1. The zero-order chi connectivity index (χ0) is 21.1. The average molecular weight is 474 g/mol. The Bertz CT molecular complexity index is 902. The number of benzene rings is 2. The molecule has 2 rings (SSSR count). The largest absolute Gasteiger partial charge is 0.444 e. The van der Waals surface area contributed by atoms with E-state index in [-0.39, 0.29) is 21.3 Å². The lowest BCUT2D eigenvalue weighted by Gasteiger charge is -2.19. The monoisotopic (exact) mass is 472 g/mol. The van der Waals surface area contributed by atoms with Crippen LogP contribution < -0.4 is 10.1 Å². The number of alkyl halides is 4. The van der Waals surface area contributed by atoms with E-state index in [0.29, 0.717) is 4.31 Å². The number of nitrogens with one attached hydrogen (secondary N) is 1. The molecule has 0 fully saturated rings. The van der Waals surface area contributed by atoms with Gasteiger partial charge in [-0.3, -0.25) is 4.79 Å². The van der Waals surface area contributed by atoms with Crippen molar-refractivity contribution in [2.45, 2.75) is 11.7 Å². The number of imide groups is 1. The second-order valence-corrected chi connectivity index (χ2v) is 6.73. The average Bonchev–Trinajstić information content (AvgIpc) is 2.63. The number of ether oxygens (including phenoxy) is 1. The lowest BCUT2D eigenvalue weighted by atomic mass is 10.2. The number of rotatable bonds is 5. The summed E-state index contributed by atoms with van der Waals surface area (Å²) in [4.78, 5) is 24.4. The van der Waals surface area contributed by atoms with E-state index in [1.807, 2.05) is 0 Å². The summed E-state index contributed by atoms with van der Waals surface area (Å²) in [5.74, 6) is -1.36. The van der Waals surface area contributed by atoms with Gasteiger partial charge in [0.2, 0.25) is 0 Å². The minimum Gasteiger partial charge on any atom is -0.428 e. The smallest absolute Gasteiger partial charge is 0.428 e. The summed E-state index contributed by atoms with van der Waals surface area (Å²) in [6, 6.07) is 8.20. The molecular formula is C16H10Cl3F3N2O3S. The maximum absolute atomic E-state index is 13.2. The number of amides is 3. The van der Waals surface area contributed by atoms with E-state index >= 15 is 0 Å². The van der Waals surface area contributed by atoms with Gasteiger partial charge in [-0.05, 0) is 30.3 Å². The van der Waals surface area contributed by atoms with Crippen LogP contribution in [0.5, 0.6) is 5.75 Å². The standard InChI is InChI=1S/C16H10Cl3F3N2O3S/c17-10-4-2-1-3-9(10)13(25)24(28)15(26)23-8-5-6-12(11(18)7-8)27-16(21,22)14(19)20/h1-7,14,28H,(H,23,26). The van der Waals surface area contributed by atoms with Gasteiger partial charge in [-0.2, -0.15) is 8.78 Å². The fraction of sp³-hybridized carbons (Fsp3) is 0.125. The molecule has 0 aromatic heterocycles. The van der Waals surface area contributed by atoms with E-state index in [1.54, 1.807) is 12.1 Å². The zero-order valence-electron chi connectivity index (χ0n) is 13.5. The number of anilines is 1. The molecule has 2 aromatic rings. The van der Waals surface area contributed by atoms with Gasteiger partial charge in [-0.15, -0.1) is 0 Å². The molecule has 1 atom stereocenters. The van der Waals surface area contributed by atoms with Crippen LogP contribution in [0.25, 0.3) is 0 Å². The van der Waals surface area contributed by atoms with Crippen LogP contribution in [0.4, 0.5) is 23.7 Å². The normalized spacial score (nSPS) is 12.2. The van der Waals surface area contributed by atoms with E-state index in [1.165, 1.54) is 12.1 Å². The first-order valence-electron chi connectivity index (χ1n) is 7.26. The first-order valence-corrected chi connectivity index (χ1v) is 8.85. The van der Waals surface area contributed by atoms with Crippen molar-refractivity contribution in [3.8, 4) is 5.75 Å². The molecule has 28 heavy (non-hydrogen) atoms. The Hall–Kier alpha value is -1.81. The van der Waals surface area contributed by atoms with Gasteiger partial charge in [0.1, 0.15) is 5.75 Å². The number of carbonyl (C=O) groups excluding carboxylic acids is 2. The maximum Gasteiger partial charge on any atom is 0.444 e. The van der Waals surface area contributed by atoms with Crippen molar-refractivity contribution in [2.24, 2.45) is 0 Å². The first kappa shape index (κ1) is 22.5. The summed E-state index contributed by atoms with van der Waals surface area (Å²) in [6.07, 6.45) is -4.31. The van der Waals surface area contributed by atoms with Gasteiger partial charge >= 0.3 is 12.1 Å². The Labute approximate surface area is 177 Å². The highest BCUT2D eigenvalue weighted by Gasteiger charge is 2.42. The third-order valence-electron chi connectivity index (χ3n) is 3.17. The summed E-state index contributed by atoms with van der Waals surface area (Å²) >= 11 is 20.2. The second kappa shape index (κ2) is 9.13. The Morgan fingerprint density at radius 3 is 2.36 bits per heavy atom. The first-order chi connectivity index (χ1) is 13.0. The van der Waals surface area contributed by atoms with Crippen LogP contribution in [0.3, 0.4) is 0 Å². The molecule has 0 saturated carbocycles. The number of carbonyl (C=O) groups is 2. The van der Waals surface area contributed by atoms with E-state index in [9.17, 15) is 22.8 Å². The van der Waals surface area contributed by atoms with Crippen LogP contribution >= 0.6 is 47.6 Å². The highest BCUT2D eigenvalue weighted by molar-refractivity contribution is 7.79. The number of hydrogen-bond acceptors (Lipinski definition) is 4. The van der Waals surface area contributed by atoms with Crippen LogP contribution in [0, 0.1) is 0 Å². The second-order valence-electron chi connectivity index (χ2n) is 5.14. The van der Waals surface area contributed by atoms with Gasteiger partial charge in [0.05, 0.1) is 15.6 Å². The Kier molecular flexibility index (Phi) is 7.33. The molecule has 0 aliphatic carbocycles.